The molecule has 0 nitrogen and oxygen atoms in total. The second-order valence-electron chi connectivity index (χ2n) is 5.78. The fourth-order valence-electron chi connectivity index (χ4n) is 3.29. The summed E-state index contributed by atoms with van der Waals surface area (Å²) in [5, 5.41) is 9.00. The Bertz CT molecular complexity index is 854. The number of rotatable bonds is 3. The second-order valence-corrected chi connectivity index (χ2v) is 11.3. The first-order valence-electron chi connectivity index (χ1n) is 7.85. The zero-order valence-corrected chi connectivity index (χ0v) is 15.3. The minimum atomic E-state index is -0.181. The van der Waals surface area contributed by atoms with Crippen molar-refractivity contribution in [2.75, 3.05) is 0 Å². The lowest BCUT2D eigenvalue weighted by Crippen LogP contribution is -2.30. The molecular weight excluding hydrogens is 296 g/mol. The first-order chi connectivity index (χ1) is 10.9. The first kappa shape index (κ1) is 13.5. The lowest BCUT2D eigenvalue weighted by molar-refractivity contribution is 1.78. The van der Waals surface area contributed by atoms with E-state index in [1.165, 1.54) is 21.5 Å². The molecule has 0 aliphatic carbocycles. The molecule has 0 fully saturated rings. The number of fused-ring (bicyclic) bond motifs is 2. The van der Waals surface area contributed by atoms with Crippen LogP contribution in [0, 0.1) is 0 Å². The molecule has 0 amide bonds. The average Bonchev–Trinajstić information content (AvgIpc) is 2.60. The lowest BCUT2D eigenvalue weighted by Gasteiger charge is -2.08. The first-order valence-corrected chi connectivity index (χ1v) is 13.3. The summed E-state index contributed by atoms with van der Waals surface area (Å²) in [4.78, 5) is 0. The molecule has 0 bridgehead atoms. The molecular formula is C20H18Si2. The number of hydrogen-bond acceptors (Lipinski definition) is 0. The van der Waals surface area contributed by atoms with E-state index in [2.05, 4.69) is 84.9 Å². The third kappa shape index (κ3) is 2.51. The van der Waals surface area contributed by atoms with Gasteiger partial charge in [-0.2, -0.15) is 0 Å². The van der Waals surface area contributed by atoms with Gasteiger partial charge in [0.15, 0.2) is 0 Å². The highest BCUT2D eigenvalue weighted by Gasteiger charge is 2.05. The molecule has 106 valence electrons. The van der Waals surface area contributed by atoms with Gasteiger partial charge in [-0.25, -0.2) is 0 Å². The molecule has 0 saturated carbocycles. The third-order valence-electron chi connectivity index (χ3n) is 4.42. The van der Waals surface area contributed by atoms with Crippen LogP contribution < -0.4 is 10.4 Å². The van der Waals surface area contributed by atoms with Gasteiger partial charge in [0.2, 0.25) is 0 Å². The van der Waals surface area contributed by atoms with E-state index in [-0.39, 0.29) is 18.1 Å². The van der Waals surface area contributed by atoms with Crippen molar-refractivity contribution in [1.82, 2.24) is 0 Å². The van der Waals surface area contributed by atoms with E-state index in [9.17, 15) is 0 Å². The summed E-state index contributed by atoms with van der Waals surface area (Å²) >= 11 is 0. The molecule has 22 heavy (non-hydrogen) atoms. The Kier molecular flexibility index (Phi) is 3.63. The highest BCUT2D eigenvalue weighted by atomic mass is 29.1. The lowest BCUT2D eigenvalue weighted by atomic mass is 10.1. The smallest absolute Gasteiger partial charge is 0.0485 e. The molecule has 0 saturated heterocycles. The van der Waals surface area contributed by atoms with Crippen molar-refractivity contribution in [3.8, 4) is 0 Å². The molecule has 0 N–H and O–H groups in total. The summed E-state index contributed by atoms with van der Waals surface area (Å²) in [7, 11) is -0.362. The quantitative estimate of drug-likeness (QED) is 0.509. The van der Waals surface area contributed by atoms with E-state index < -0.39 is 0 Å². The summed E-state index contributed by atoms with van der Waals surface area (Å²) < 4.78 is 0. The molecule has 0 unspecified atom stereocenters. The fraction of sp³-hybridized carbons (Fsp3) is 0. The van der Waals surface area contributed by atoms with Crippen LogP contribution in [0.5, 0.6) is 0 Å². The van der Waals surface area contributed by atoms with Crippen molar-refractivity contribution in [2.24, 2.45) is 0 Å². The number of benzene rings is 4. The van der Waals surface area contributed by atoms with Crippen LogP contribution in [0.2, 0.25) is 0 Å². The fourth-order valence-corrected chi connectivity index (χ4v) is 9.85. The average molecular weight is 315 g/mol. The van der Waals surface area contributed by atoms with Gasteiger partial charge in [-0.3, -0.25) is 0 Å². The molecule has 0 atom stereocenters. The Morgan fingerprint density at radius 3 is 1.32 bits per heavy atom. The maximum atomic E-state index is 2.35. The van der Waals surface area contributed by atoms with Crippen LogP contribution in [0.25, 0.3) is 21.5 Å². The molecule has 4 aromatic rings. The summed E-state index contributed by atoms with van der Waals surface area (Å²) in [6, 6.07) is 31.2. The standard InChI is InChI=1S/C20H18Si2/c1-3-11-17-15(7-1)9-5-13-19(17)21-22-20-14-6-10-16-8-2-4-12-18(16)20/h1-14H,21-22H2. The third-order valence-corrected chi connectivity index (χ3v) is 11.0. The van der Waals surface area contributed by atoms with Crippen molar-refractivity contribution in [1.29, 1.82) is 0 Å². The largest absolute Gasteiger partial charge is 0.0633 e. The highest BCUT2D eigenvalue weighted by Crippen LogP contribution is 2.11. The van der Waals surface area contributed by atoms with Gasteiger partial charge < -0.3 is 0 Å². The van der Waals surface area contributed by atoms with Crippen molar-refractivity contribution in [3.05, 3.63) is 84.9 Å². The SMILES string of the molecule is c1ccc2c([SiH2][SiH2]c3cccc4ccccc34)cccc2c1. The minimum absolute atomic E-state index is 0.181. The van der Waals surface area contributed by atoms with Crippen LogP contribution in [-0.4, -0.2) is 18.1 Å². The van der Waals surface area contributed by atoms with Crippen LogP contribution in [0.15, 0.2) is 84.9 Å². The molecule has 4 rings (SSSR count). The van der Waals surface area contributed by atoms with E-state index >= 15 is 0 Å². The monoisotopic (exact) mass is 314 g/mol. The molecule has 0 aliphatic rings. The van der Waals surface area contributed by atoms with Crippen LogP contribution in [0.1, 0.15) is 0 Å². The van der Waals surface area contributed by atoms with E-state index in [4.69, 9.17) is 0 Å². The van der Waals surface area contributed by atoms with E-state index in [1.807, 2.05) is 0 Å². The topological polar surface area (TPSA) is 0 Å². The van der Waals surface area contributed by atoms with E-state index in [0.717, 1.165) is 0 Å². The van der Waals surface area contributed by atoms with Crippen molar-refractivity contribution >= 4 is 50.0 Å². The Morgan fingerprint density at radius 2 is 0.818 bits per heavy atom. The van der Waals surface area contributed by atoms with Gasteiger partial charge >= 0.3 is 0 Å². The molecule has 0 aliphatic heterocycles. The summed E-state index contributed by atoms with van der Waals surface area (Å²) in [5.41, 5.74) is 0. The molecule has 0 aromatic heterocycles. The van der Waals surface area contributed by atoms with E-state index in [0.29, 0.717) is 0 Å². The van der Waals surface area contributed by atoms with Crippen molar-refractivity contribution in [3.63, 3.8) is 0 Å². The Labute approximate surface area is 135 Å². The van der Waals surface area contributed by atoms with Gasteiger partial charge in [0.05, 0.1) is 0 Å². The van der Waals surface area contributed by atoms with Crippen molar-refractivity contribution < 1.29 is 0 Å². The molecule has 2 heteroatoms. The van der Waals surface area contributed by atoms with Gasteiger partial charge in [0.1, 0.15) is 0 Å². The van der Waals surface area contributed by atoms with Gasteiger partial charge in [-0.05, 0) is 21.5 Å². The second kappa shape index (κ2) is 5.91. The van der Waals surface area contributed by atoms with Crippen LogP contribution in [0.3, 0.4) is 0 Å². The summed E-state index contributed by atoms with van der Waals surface area (Å²) in [6.45, 7) is 0. The molecule has 0 heterocycles. The Hall–Kier alpha value is -2.17. The number of hydrogen-bond donors (Lipinski definition) is 0. The zero-order chi connectivity index (χ0) is 14.8. The normalized spacial score (nSPS) is 12.2. The summed E-state index contributed by atoms with van der Waals surface area (Å²) in [5.74, 6) is 0. The maximum Gasteiger partial charge on any atom is 0.0485 e. The molecule has 0 spiro atoms. The highest BCUT2D eigenvalue weighted by molar-refractivity contribution is 7.14. The predicted octanol–water partition coefficient (Wildman–Crippen LogP) is 2.20. The van der Waals surface area contributed by atoms with Gasteiger partial charge in [-0.15, -0.1) is 0 Å². The van der Waals surface area contributed by atoms with E-state index in [1.54, 1.807) is 10.4 Å². The van der Waals surface area contributed by atoms with Crippen LogP contribution in [-0.2, 0) is 0 Å². The summed E-state index contributed by atoms with van der Waals surface area (Å²) in [6.07, 6.45) is 0. The Balaban J connectivity index is 1.69. The van der Waals surface area contributed by atoms with Gasteiger partial charge in [0.25, 0.3) is 0 Å². The van der Waals surface area contributed by atoms with Crippen LogP contribution >= 0.6 is 0 Å². The van der Waals surface area contributed by atoms with Crippen molar-refractivity contribution in [2.45, 2.75) is 0 Å². The minimum Gasteiger partial charge on any atom is -0.0633 e. The maximum absolute atomic E-state index is 2.35. The van der Waals surface area contributed by atoms with Crippen LogP contribution in [0.4, 0.5) is 0 Å². The van der Waals surface area contributed by atoms with Gasteiger partial charge in [-0.1, -0.05) is 95.3 Å². The molecule has 0 radical (unpaired) electrons. The predicted molar refractivity (Wildman–Crippen MR) is 104 cm³/mol. The Morgan fingerprint density at radius 1 is 0.409 bits per heavy atom. The van der Waals surface area contributed by atoms with Gasteiger partial charge in [0, 0.05) is 18.1 Å². The molecule has 4 aromatic carbocycles. The zero-order valence-electron chi connectivity index (χ0n) is 12.5.